The number of rotatable bonds is 8. The summed E-state index contributed by atoms with van der Waals surface area (Å²) in [5, 5.41) is 25.5. The molecule has 3 aliphatic carbocycles. The Morgan fingerprint density at radius 3 is 2.43 bits per heavy atom. The molecular weight excluding hydrogens is 524 g/mol. The van der Waals surface area contributed by atoms with Gasteiger partial charge in [-0.05, 0) is 98.1 Å². The van der Waals surface area contributed by atoms with E-state index in [-0.39, 0.29) is 23.2 Å². The van der Waals surface area contributed by atoms with Crippen molar-refractivity contribution in [2.75, 3.05) is 19.6 Å². The Morgan fingerprint density at radius 2 is 1.71 bits per heavy atom. The number of benzene rings is 3. The van der Waals surface area contributed by atoms with Gasteiger partial charge < -0.3 is 15.5 Å². The maximum atomic E-state index is 13.4. The van der Waals surface area contributed by atoms with E-state index >= 15 is 0 Å². The highest BCUT2D eigenvalue weighted by molar-refractivity contribution is 5.97. The number of hydrogen-bond acceptors (Lipinski definition) is 5. The van der Waals surface area contributed by atoms with Crippen LogP contribution in [0.2, 0.25) is 0 Å². The first kappa shape index (κ1) is 27.4. The lowest BCUT2D eigenvalue weighted by Gasteiger charge is -2.60. The fourth-order valence-electron chi connectivity index (χ4n) is 8.28. The third-order valence-electron chi connectivity index (χ3n) is 10.6. The minimum atomic E-state index is -0.359. The van der Waals surface area contributed by atoms with Crippen LogP contribution < -0.4 is 5.32 Å². The van der Waals surface area contributed by atoms with E-state index in [0.717, 1.165) is 72.2 Å². The topological polar surface area (TPSA) is 89.9 Å². The number of phenolic OH excluding ortho intramolecular Hbond substituents is 1. The van der Waals surface area contributed by atoms with Crippen LogP contribution in [0.3, 0.4) is 0 Å². The maximum Gasteiger partial charge on any atom is 0.255 e. The SMILES string of the molecule is O=Cc1ccc(-c2ccc(CCNC(=O)c3ccc4c(c3O)[C@]35CCN(CC6CC6)[C@H](C4)[C@@H]3CCC(O)C5)cc2)cc1. The number of aliphatic hydroxyl groups excluding tert-OH is 1. The van der Waals surface area contributed by atoms with Crippen molar-refractivity contribution in [1.82, 2.24) is 10.2 Å². The van der Waals surface area contributed by atoms with E-state index in [1.54, 1.807) is 6.07 Å². The molecule has 1 heterocycles. The van der Waals surface area contributed by atoms with Gasteiger partial charge in [0.05, 0.1) is 11.7 Å². The predicted molar refractivity (Wildman–Crippen MR) is 163 cm³/mol. The van der Waals surface area contributed by atoms with E-state index in [0.29, 0.717) is 42.5 Å². The van der Waals surface area contributed by atoms with Crippen molar-refractivity contribution in [2.45, 2.75) is 68.9 Å². The van der Waals surface area contributed by atoms with Crippen molar-refractivity contribution in [3.8, 4) is 16.9 Å². The number of amides is 1. The number of likely N-dealkylation sites (tertiary alicyclic amines) is 1. The number of aromatic hydroxyl groups is 1. The highest BCUT2D eigenvalue weighted by Gasteiger charge is 2.57. The molecule has 6 heteroatoms. The van der Waals surface area contributed by atoms with Crippen LogP contribution in [0.5, 0.6) is 5.75 Å². The van der Waals surface area contributed by atoms with Crippen molar-refractivity contribution in [2.24, 2.45) is 11.8 Å². The lowest BCUT2D eigenvalue weighted by atomic mass is 9.51. The monoisotopic (exact) mass is 564 g/mol. The van der Waals surface area contributed by atoms with Crippen LogP contribution in [0.1, 0.15) is 75.9 Å². The molecule has 4 atom stereocenters. The first-order valence-electron chi connectivity index (χ1n) is 15.7. The maximum absolute atomic E-state index is 13.4. The number of fused-ring (bicyclic) bond motifs is 1. The summed E-state index contributed by atoms with van der Waals surface area (Å²) < 4.78 is 0. The predicted octanol–water partition coefficient (Wildman–Crippen LogP) is 5.28. The number of carbonyl (C=O) groups excluding carboxylic acids is 2. The normalized spacial score (nSPS) is 26.6. The average Bonchev–Trinajstić information content (AvgIpc) is 3.83. The third-order valence-corrected chi connectivity index (χ3v) is 10.6. The first-order chi connectivity index (χ1) is 20.4. The van der Waals surface area contributed by atoms with Gasteiger partial charge in [0.1, 0.15) is 12.0 Å². The van der Waals surface area contributed by atoms with E-state index in [2.05, 4.69) is 40.5 Å². The molecule has 0 radical (unpaired) electrons. The molecular formula is C36H40N2O4. The molecule has 1 aliphatic heterocycles. The Labute approximate surface area is 247 Å². The van der Waals surface area contributed by atoms with Gasteiger partial charge >= 0.3 is 0 Å². The molecule has 3 aromatic rings. The zero-order chi connectivity index (χ0) is 28.8. The summed E-state index contributed by atoms with van der Waals surface area (Å²) >= 11 is 0. The number of piperidine rings is 1. The molecule has 0 aromatic heterocycles. The lowest BCUT2D eigenvalue weighted by molar-refractivity contribution is -0.0502. The Bertz CT molecular complexity index is 1480. The molecule has 1 amide bonds. The number of nitrogens with one attached hydrogen (secondary N) is 1. The molecule has 3 aromatic carbocycles. The smallest absolute Gasteiger partial charge is 0.255 e. The minimum Gasteiger partial charge on any atom is -0.507 e. The van der Waals surface area contributed by atoms with E-state index in [9.17, 15) is 19.8 Å². The van der Waals surface area contributed by atoms with Crippen molar-refractivity contribution >= 4 is 12.2 Å². The highest BCUT2D eigenvalue weighted by atomic mass is 16.3. The van der Waals surface area contributed by atoms with Crippen molar-refractivity contribution < 1.29 is 19.8 Å². The molecule has 2 saturated carbocycles. The van der Waals surface area contributed by atoms with Crippen molar-refractivity contribution in [3.05, 3.63) is 88.5 Å². The van der Waals surface area contributed by atoms with Crippen LogP contribution in [0.25, 0.3) is 11.1 Å². The number of aliphatic hydroxyl groups is 1. The van der Waals surface area contributed by atoms with Crippen LogP contribution >= 0.6 is 0 Å². The van der Waals surface area contributed by atoms with Crippen molar-refractivity contribution in [1.29, 1.82) is 0 Å². The summed E-state index contributed by atoms with van der Waals surface area (Å²) in [6.45, 7) is 2.65. The van der Waals surface area contributed by atoms with Gasteiger partial charge in [-0.25, -0.2) is 0 Å². The summed E-state index contributed by atoms with van der Waals surface area (Å²) in [7, 11) is 0. The lowest BCUT2D eigenvalue weighted by Crippen LogP contribution is -2.62. The number of aldehydes is 1. The Morgan fingerprint density at radius 1 is 0.976 bits per heavy atom. The van der Waals surface area contributed by atoms with Gasteiger partial charge in [0.25, 0.3) is 5.91 Å². The molecule has 42 heavy (non-hydrogen) atoms. The van der Waals surface area contributed by atoms with Gasteiger partial charge in [0.2, 0.25) is 0 Å². The molecule has 2 bridgehead atoms. The number of hydrogen-bond donors (Lipinski definition) is 3. The van der Waals surface area contributed by atoms with Gasteiger partial charge in [-0.1, -0.05) is 54.6 Å². The Kier molecular flexibility index (Phi) is 7.15. The van der Waals surface area contributed by atoms with E-state index in [1.165, 1.54) is 19.4 Å². The molecule has 0 spiro atoms. The number of phenols is 1. The molecule has 3 fully saturated rings. The molecule has 6 nitrogen and oxygen atoms in total. The largest absolute Gasteiger partial charge is 0.507 e. The van der Waals surface area contributed by atoms with Gasteiger partial charge in [-0.2, -0.15) is 0 Å². The van der Waals surface area contributed by atoms with Crippen LogP contribution in [0.4, 0.5) is 0 Å². The second-order valence-corrected chi connectivity index (χ2v) is 13.1. The number of carbonyl (C=O) groups is 2. The Hall–Kier alpha value is -3.48. The average molecular weight is 565 g/mol. The van der Waals surface area contributed by atoms with Gasteiger partial charge in [0.15, 0.2) is 0 Å². The summed E-state index contributed by atoms with van der Waals surface area (Å²) in [4.78, 5) is 27.0. The summed E-state index contributed by atoms with van der Waals surface area (Å²) in [5.74, 6) is 1.13. The fourth-order valence-corrected chi connectivity index (χ4v) is 8.28. The molecule has 3 N–H and O–H groups in total. The van der Waals surface area contributed by atoms with E-state index < -0.39 is 0 Å². The summed E-state index contributed by atoms with van der Waals surface area (Å²) in [6.07, 6.45) is 8.17. The van der Waals surface area contributed by atoms with Crippen LogP contribution in [-0.4, -0.2) is 59.1 Å². The summed E-state index contributed by atoms with van der Waals surface area (Å²) in [5.41, 5.74) is 6.07. The minimum absolute atomic E-state index is 0.128. The quantitative estimate of drug-likeness (QED) is 0.324. The second kappa shape index (κ2) is 11.0. The molecule has 218 valence electrons. The van der Waals surface area contributed by atoms with E-state index in [1.807, 2.05) is 24.3 Å². The van der Waals surface area contributed by atoms with Crippen LogP contribution in [0, 0.1) is 11.8 Å². The highest BCUT2D eigenvalue weighted by Crippen LogP contribution is 2.58. The van der Waals surface area contributed by atoms with Gasteiger partial charge in [-0.3, -0.25) is 14.5 Å². The van der Waals surface area contributed by atoms with Crippen LogP contribution in [0.15, 0.2) is 60.7 Å². The number of nitrogens with zero attached hydrogens (tertiary/aromatic N) is 1. The molecule has 4 aliphatic rings. The van der Waals surface area contributed by atoms with E-state index in [4.69, 9.17) is 0 Å². The molecule has 7 rings (SSSR count). The van der Waals surface area contributed by atoms with Gasteiger partial charge in [-0.15, -0.1) is 0 Å². The molecule has 1 saturated heterocycles. The third kappa shape index (κ3) is 4.95. The first-order valence-corrected chi connectivity index (χ1v) is 15.7. The van der Waals surface area contributed by atoms with Crippen molar-refractivity contribution in [3.63, 3.8) is 0 Å². The Balaban J connectivity index is 1.06. The zero-order valence-corrected chi connectivity index (χ0v) is 24.1. The fraction of sp³-hybridized carbons (Fsp3) is 0.444. The standard InChI is InChI=1S/C36H40N2O4/c39-22-25-5-9-27(10-6-25)26-7-3-23(4-8-26)15-17-37-35(42)30-13-11-28-19-32-31-14-12-29(40)20-36(31,33(28)34(30)41)16-18-38(32)21-24-1-2-24/h3-11,13,22,24,29,31-32,40-41H,1-2,12,14-21H2,(H,37,42)/t29?,31-,32+,36-/m0/s1. The van der Waals surface area contributed by atoms with Gasteiger partial charge in [0, 0.05) is 35.7 Å². The molecule has 1 unspecified atom stereocenters. The van der Waals surface area contributed by atoms with Crippen LogP contribution in [-0.2, 0) is 18.3 Å². The second-order valence-electron chi connectivity index (χ2n) is 13.1. The zero-order valence-electron chi connectivity index (χ0n) is 24.1. The summed E-state index contributed by atoms with van der Waals surface area (Å²) in [6, 6.07) is 20.1.